The SMILES string of the molecule is CCOC(=O)c1cnn2c1N(S(=O)(=O)c1c(C)cnn1C)CC2. The maximum absolute atomic E-state index is 13.0. The van der Waals surface area contributed by atoms with Crippen LogP contribution in [0.4, 0.5) is 5.82 Å². The number of anilines is 1. The molecule has 23 heavy (non-hydrogen) atoms. The summed E-state index contributed by atoms with van der Waals surface area (Å²) in [4.78, 5) is 12.0. The van der Waals surface area contributed by atoms with Crippen LogP contribution in [0.3, 0.4) is 0 Å². The van der Waals surface area contributed by atoms with E-state index in [9.17, 15) is 13.2 Å². The van der Waals surface area contributed by atoms with E-state index in [2.05, 4.69) is 10.2 Å². The first kappa shape index (κ1) is 15.5. The summed E-state index contributed by atoms with van der Waals surface area (Å²) in [5, 5.41) is 8.16. The number of fused-ring (bicyclic) bond motifs is 1. The van der Waals surface area contributed by atoms with Crippen molar-refractivity contribution in [1.29, 1.82) is 0 Å². The van der Waals surface area contributed by atoms with Gasteiger partial charge in [0.1, 0.15) is 5.56 Å². The predicted octanol–water partition coefficient (Wildman–Crippen LogP) is 0.311. The fraction of sp³-hybridized carbons (Fsp3) is 0.462. The Bertz CT molecular complexity index is 848. The van der Waals surface area contributed by atoms with Gasteiger partial charge in [-0.05, 0) is 13.8 Å². The first-order valence-electron chi connectivity index (χ1n) is 7.12. The molecule has 1 aliphatic rings. The second kappa shape index (κ2) is 5.37. The Morgan fingerprint density at radius 3 is 2.65 bits per heavy atom. The molecule has 124 valence electrons. The molecule has 0 N–H and O–H groups in total. The van der Waals surface area contributed by atoms with Crippen LogP contribution in [0.25, 0.3) is 0 Å². The molecule has 0 bridgehead atoms. The van der Waals surface area contributed by atoms with Crippen molar-refractivity contribution < 1.29 is 17.9 Å². The number of aryl methyl sites for hydroxylation is 2. The summed E-state index contributed by atoms with van der Waals surface area (Å²) in [6.07, 6.45) is 2.83. The molecule has 2 aromatic rings. The Kier molecular flexibility index (Phi) is 3.63. The highest BCUT2D eigenvalue weighted by atomic mass is 32.2. The van der Waals surface area contributed by atoms with Gasteiger partial charge in [0.05, 0.1) is 32.1 Å². The summed E-state index contributed by atoms with van der Waals surface area (Å²) in [5.74, 6) is -0.346. The Labute approximate surface area is 133 Å². The molecule has 0 atom stereocenters. The average Bonchev–Trinajstić information content (AvgIpc) is 3.13. The molecule has 0 fully saturated rings. The lowest BCUT2D eigenvalue weighted by molar-refractivity contribution is 0.0527. The second-order valence-corrected chi connectivity index (χ2v) is 6.94. The van der Waals surface area contributed by atoms with Crippen LogP contribution in [-0.4, -0.2) is 47.1 Å². The molecule has 1 aliphatic heterocycles. The summed E-state index contributed by atoms with van der Waals surface area (Å²) in [6, 6.07) is 0. The van der Waals surface area contributed by atoms with Gasteiger partial charge in [0.2, 0.25) is 0 Å². The number of carbonyl (C=O) groups is 1. The molecular weight excluding hydrogens is 322 g/mol. The Morgan fingerprint density at radius 2 is 2.04 bits per heavy atom. The van der Waals surface area contributed by atoms with Crippen LogP contribution in [0, 0.1) is 6.92 Å². The predicted molar refractivity (Wildman–Crippen MR) is 80.7 cm³/mol. The minimum Gasteiger partial charge on any atom is -0.462 e. The molecule has 0 spiro atoms. The number of hydrogen-bond donors (Lipinski definition) is 0. The maximum Gasteiger partial charge on any atom is 0.343 e. The van der Waals surface area contributed by atoms with Crippen LogP contribution in [0.15, 0.2) is 17.4 Å². The van der Waals surface area contributed by atoms with Gasteiger partial charge in [0.15, 0.2) is 10.8 Å². The smallest absolute Gasteiger partial charge is 0.343 e. The van der Waals surface area contributed by atoms with Gasteiger partial charge in [0.25, 0.3) is 10.0 Å². The van der Waals surface area contributed by atoms with E-state index in [0.717, 1.165) is 0 Å². The van der Waals surface area contributed by atoms with Crippen LogP contribution in [0.2, 0.25) is 0 Å². The fourth-order valence-electron chi connectivity index (χ4n) is 2.69. The first-order chi connectivity index (χ1) is 10.9. The molecule has 0 unspecified atom stereocenters. The topological polar surface area (TPSA) is 99.3 Å². The lowest BCUT2D eigenvalue weighted by Gasteiger charge is -2.19. The van der Waals surface area contributed by atoms with E-state index in [0.29, 0.717) is 12.1 Å². The molecule has 0 saturated carbocycles. The largest absolute Gasteiger partial charge is 0.462 e. The van der Waals surface area contributed by atoms with Crippen LogP contribution in [0.5, 0.6) is 0 Å². The zero-order valence-corrected chi connectivity index (χ0v) is 13.9. The molecule has 0 aromatic carbocycles. The summed E-state index contributed by atoms with van der Waals surface area (Å²) < 4.78 is 35.0. The lowest BCUT2D eigenvalue weighted by Crippen LogP contribution is -2.32. The van der Waals surface area contributed by atoms with Crippen LogP contribution >= 0.6 is 0 Å². The van der Waals surface area contributed by atoms with Crippen molar-refractivity contribution in [2.45, 2.75) is 25.4 Å². The van der Waals surface area contributed by atoms with Crippen molar-refractivity contribution in [3.05, 3.63) is 23.5 Å². The van der Waals surface area contributed by atoms with Crippen LogP contribution in [0.1, 0.15) is 22.8 Å². The third-order valence-electron chi connectivity index (χ3n) is 3.65. The second-order valence-electron chi connectivity index (χ2n) is 5.16. The zero-order valence-electron chi connectivity index (χ0n) is 13.1. The third-order valence-corrected chi connectivity index (χ3v) is 5.66. The van der Waals surface area contributed by atoms with E-state index in [1.165, 1.54) is 26.1 Å². The molecule has 3 rings (SSSR count). The third kappa shape index (κ3) is 2.29. The summed E-state index contributed by atoms with van der Waals surface area (Å²) in [5.41, 5.74) is 0.691. The highest BCUT2D eigenvalue weighted by molar-refractivity contribution is 7.92. The highest BCUT2D eigenvalue weighted by Crippen LogP contribution is 2.32. The van der Waals surface area contributed by atoms with Crippen molar-refractivity contribution in [3.8, 4) is 0 Å². The molecule has 0 radical (unpaired) electrons. The van der Waals surface area contributed by atoms with Crippen molar-refractivity contribution >= 4 is 21.8 Å². The minimum absolute atomic E-state index is 0.0990. The quantitative estimate of drug-likeness (QED) is 0.744. The molecule has 10 heteroatoms. The first-order valence-corrected chi connectivity index (χ1v) is 8.56. The molecule has 0 aliphatic carbocycles. The number of esters is 1. The number of ether oxygens (including phenoxy) is 1. The van der Waals surface area contributed by atoms with Gasteiger partial charge in [0, 0.05) is 12.6 Å². The van der Waals surface area contributed by atoms with Gasteiger partial charge in [-0.15, -0.1) is 0 Å². The molecule has 3 heterocycles. The molecule has 0 amide bonds. The molecule has 0 saturated heterocycles. The van der Waals surface area contributed by atoms with E-state index < -0.39 is 16.0 Å². The summed E-state index contributed by atoms with van der Waals surface area (Å²) in [6.45, 7) is 4.17. The maximum atomic E-state index is 13.0. The Balaban J connectivity index is 2.09. The van der Waals surface area contributed by atoms with Gasteiger partial charge in [-0.2, -0.15) is 18.6 Å². The highest BCUT2D eigenvalue weighted by Gasteiger charge is 2.38. The molecule has 2 aromatic heterocycles. The van der Waals surface area contributed by atoms with Crippen molar-refractivity contribution in [2.75, 3.05) is 17.5 Å². The number of rotatable bonds is 4. The monoisotopic (exact) mass is 339 g/mol. The minimum atomic E-state index is -3.85. The number of carbonyl (C=O) groups excluding carboxylic acids is 1. The Morgan fingerprint density at radius 1 is 1.30 bits per heavy atom. The van der Waals surface area contributed by atoms with Crippen LogP contribution in [-0.2, 0) is 28.4 Å². The van der Waals surface area contributed by atoms with E-state index in [1.54, 1.807) is 20.9 Å². The average molecular weight is 339 g/mol. The van der Waals surface area contributed by atoms with E-state index in [1.807, 2.05) is 0 Å². The number of hydrogen-bond acceptors (Lipinski definition) is 6. The molecule has 9 nitrogen and oxygen atoms in total. The van der Waals surface area contributed by atoms with Crippen molar-refractivity contribution in [2.24, 2.45) is 7.05 Å². The number of sulfonamides is 1. The van der Waals surface area contributed by atoms with Gasteiger partial charge >= 0.3 is 5.97 Å². The van der Waals surface area contributed by atoms with E-state index in [-0.39, 0.29) is 29.6 Å². The Hall–Kier alpha value is -2.36. The van der Waals surface area contributed by atoms with Crippen LogP contribution < -0.4 is 4.31 Å². The summed E-state index contributed by atoms with van der Waals surface area (Å²) >= 11 is 0. The molecular formula is C13H17N5O4S. The van der Waals surface area contributed by atoms with E-state index in [4.69, 9.17) is 4.74 Å². The van der Waals surface area contributed by atoms with Gasteiger partial charge in [-0.25, -0.2) is 13.8 Å². The normalized spacial score (nSPS) is 14.1. The zero-order chi connectivity index (χ0) is 16.8. The number of aromatic nitrogens is 4. The van der Waals surface area contributed by atoms with Gasteiger partial charge < -0.3 is 4.74 Å². The number of nitrogens with zero attached hydrogens (tertiary/aromatic N) is 5. The van der Waals surface area contributed by atoms with Gasteiger partial charge in [-0.3, -0.25) is 4.68 Å². The van der Waals surface area contributed by atoms with Gasteiger partial charge in [-0.1, -0.05) is 0 Å². The van der Waals surface area contributed by atoms with E-state index >= 15 is 0 Å². The van der Waals surface area contributed by atoms with Crippen molar-refractivity contribution in [1.82, 2.24) is 19.6 Å². The fourth-order valence-corrected chi connectivity index (χ4v) is 4.49. The summed E-state index contributed by atoms with van der Waals surface area (Å²) in [7, 11) is -2.28. The standard InChI is InChI=1S/C13H17N5O4S/c1-4-22-13(19)10-8-15-17-5-6-18(11(10)17)23(20,21)12-9(2)7-14-16(12)3/h7-8H,4-6H2,1-3H3. The van der Waals surface area contributed by atoms with Crippen molar-refractivity contribution in [3.63, 3.8) is 0 Å². The lowest BCUT2D eigenvalue weighted by atomic mass is 10.3.